The van der Waals surface area contributed by atoms with Crippen LogP contribution in [0, 0.1) is 10.1 Å². The first-order chi connectivity index (χ1) is 11.6. The minimum absolute atomic E-state index is 0.101. The molecule has 0 aliphatic heterocycles. The first-order valence-electron chi connectivity index (χ1n) is 7.49. The highest BCUT2D eigenvalue weighted by Gasteiger charge is 2.25. The summed E-state index contributed by atoms with van der Waals surface area (Å²) in [4.78, 5) is 10.8. The van der Waals surface area contributed by atoms with Gasteiger partial charge in [-0.05, 0) is 57.7 Å². The lowest BCUT2D eigenvalue weighted by Crippen LogP contribution is -1.89. The third-order valence-corrected chi connectivity index (χ3v) is 4.44. The van der Waals surface area contributed by atoms with Gasteiger partial charge in [0.2, 0.25) is 0 Å². The smallest absolute Gasteiger partial charge is 0.258 e. The van der Waals surface area contributed by atoms with E-state index < -0.39 is 0 Å². The summed E-state index contributed by atoms with van der Waals surface area (Å²) in [6.07, 6.45) is 2.05. The maximum Gasteiger partial charge on any atom is 0.270 e. The number of hydrogen-bond donors (Lipinski definition) is 0. The number of non-ortho nitro benzene ring substituents is 1. The summed E-state index contributed by atoms with van der Waals surface area (Å²) in [6.45, 7) is 0. The van der Waals surface area contributed by atoms with Gasteiger partial charge in [-0.3, -0.25) is 10.1 Å². The van der Waals surface area contributed by atoms with Crippen LogP contribution in [0.25, 0.3) is 22.8 Å². The zero-order chi connectivity index (χ0) is 16.7. The molecule has 0 unspecified atom stereocenters. The predicted molar refractivity (Wildman–Crippen MR) is 97.0 cm³/mol. The van der Waals surface area contributed by atoms with Crippen LogP contribution in [0.2, 0.25) is 5.02 Å². The van der Waals surface area contributed by atoms with Crippen LogP contribution < -0.4 is 0 Å². The van der Waals surface area contributed by atoms with Gasteiger partial charge in [-0.1, -0.05) is 48.0 Å². The van der Waals surface area contributed by atoms with Crippen molar-refractivity contribution in [3.8, 4) is 11.1 Å². The van der Waals surface area contributed by atoms with Gasteiger partial charge in [-0.2, -0.15) is 0 Å². The second-order valence-corrected chi connectivity index (χ2v) is 6.08. The molecule has 0 radical (unpaired) electrons. The highest BCUT2D eigenvalue weighted by atomic mass is 35.5. The van der Waals surface area contributed by atoms with Crippen LogP contribution in [0.5, 0.6) is 0 Å². The summed E-state index contributed by atoms with van der Waals surface area (Å²) in [7, 11) is 0. The summed E-state index contributed by atoms with van der Waals surface area (Å²) in [5.74, 6) is 0. The standard InChI is InChI=1S/C20H12ClNO2/c21-14-7-5-13(6-8-14)11-19-17-4-2-1-3-16(17)18-10-9-15(22(23)24)12-20(18)19/h1-12H. The van der Waals surface area contributed by atoms with Crippen molar-refractivity contribution in [2.45, 2.75) is 0 Å². The Balaban J connectivity index is 1.95. The normalized spacial score (nSPS) is 13.6. The second-order valence-electron chi connectivity index (χ2n) is 5.64. The van der Waals surface area contributed by atoms with Gasteiger partial charge in [-0.15, -0.1) is 0 Å². The molecule has 4 heteroatoms. The van der Waals surface area contributed by atoms with Crippen LogP contribution in [0.15, 0.2) is 66.7 Å². The molecule has 3 nitrogen and oxygen atoms in total. The topological polar surface area (TPSA) is 43.1 Å². The molecule has 0 heterocycles. The Bertz CT molecular complexity index is 991. The number of hydrogen-bond acceptors (Lipinski definition) is 2. The number of nitro benzene ring substituents is 1. The van der Waals surface area contributed by atoms with Crippen molar-refractivity contribution >= 4 is 28.9 Å². The molecule has 0 amide bonds. The lowest BCUT2D eigenvalue weighted by molar-refractivity contribution is -0.384. The zero-order valence-electron chi connectivity index (χ0n) is 12.6. The van der Waals surface area contributed by atoms with Crippen LogP contribution in [0.4, 0.5) is 5.69 Å². The summed E-state index contributed by atoms with van der Waals surface area (Å²) in [6, 6.07) is 20.6. The van der Waals surface area contributed by atoms with E-state index in [1.807, 2.05) is 60.7 Å². The fraction of sp³-hybridized carbons (Fsp3) is 0. The minimum atomic E-state index is -0.358. The van der Waals surface area contributed by atoms with Gasteiger partial charge < -0.3 is 0 Å². The molecular formula is C20H12ClNO2. The summed E-state index contributed by atoms with van der Waals surface area (Å²) >= 11 is 5.95. The maximum absolute atomic E-state index is 11.1. The summed E-state index contributed by atoms with van der Waals surface area (Å²) in [5, 5.41) is 11.8. The minimum Gasteiger partial charge on any atom is -0.258 e. The zero-order valence-corrected chi connectivity index (χ0v) is 13.3. The molecular weight excluding hydrogens is 322 g/mol. The number of nitro groups is 1. The van der Waals surface area contributed by atoms with Crippen molar-refractivity contribution in [2.75, 3.05) is 0 Å². The molecule has 0 fully saturated rings. The molecule has 3 aromatic carbocycles. The van der Waals surface area contributed by atoms with Gasteiger partial charge in [0.25, 0.3) is 5.69 Å². The van der Waals surface area contributed by atoms with Gasteiger partial charge >= 0.3 is 0 Å². The second kappa shape index (κ2) is 5.62. The van der Waals surface area contributed by atoms with Crippen LogP contribution in [-0.4, -0.2) is 4.92 Å². The molecule has 0 spiro atoms. The highest BCUT2D eigenvalue weighted by Crippen LogP contribution is 2.46. The van der Waals surface area contributed by atoms with E-state index in [0.29, 0.717) is 5.02 Å². The van der Waals surface area contributed by atoms with Crippen LogP contribution in [-0.2, 0) is 0 Å². The summed E-state index contributed by atoms with van der Waals surface area (Å²) < 4.78 is 0. The third kappa shape index (κ3) is 2.39. The Morgan fingerprint density at radius 1 is 0.833 bits per heavy atom. The van der Waals surface area contributed by atoms with Gasteiger partial charge in [0.15, 0.2) is 0 Å². The van der Waals surface area contributed by atoms with Crippen LogP contribution in [0.1, 0.15) is 16.7 Å². The Morgan fingerprint density at radius 3 is 2.21 bits per heavy atom. The molecule has 0 saturated carbocycles. The molecule has 0 bridgehead atoms. The number of halogens is 1. The maximum atomic E-state index is 11.1. The SMILES string of the molecule is O=[N+]([O-])c1ccc2c(c1)C(=Cc1ccc(Cl)cc1)c1ccccc1-2. The molecule has 1 aliphatic carbocycles. The quantitative estimate of drug-likeness (QED) is 0.343. The molecule has 1 aliphatic rings. The number of nitrogens with zero attached hydrogens (tertiary/aromatic N) is 1. The van der Waals surface area contributed by atoms with E-state index >= 15 is 0 Å². The van der Waals surface area contributed by atoms with Crippen LogP contribution in [0.3, 0.4) is 0 Å². The number of rotatable bonds is 2. The first kappa shape index (κ1) is 14.7. The van der Waals surface area contributed by atoms with Crippen molar-refractivity contribution in [1.82, 2.24) is 0 Å². The lowest BCUT2D eigenvalue weighted by atomic mass is 10.0. The Labute approximate surface area is 144 Å². The van der Waals surface area contributed by atoms with Gasteiger partial charge in [0, 0.05) is 17.2 Å². The van der Waals surface area contributed by atoms with Crippen molar-refractivity contribution in [3.63, 3.8) is 0 Å². The van der Waals surface area contributed by atoms with Gasteiger partial charge in [0.1, 0.15) is 0 Å². The lowest BCUT2D eigenvalue weighted by Gasteiger charge is -2.03. The third-order valence-electron chi connectivity index (χ3n) is 4.19. The molecule has 24 heavy (non-hydrogen) atoms. The Morgan fingerprint density at radius 2 is 1.50 bits per heavy atom. The molecule has 0 aromatic heterocycles. The molecule has 0 atom stereocenters. The molecule has 4 rings (SSSR count). The van der Waals surface area contributed by atoms with Gasteiger partial charge in [0.05, 0.1) is 4.92 Å². The average molecular weight is 334 g/mol. The molecule has 3 aromatic rings. The fourth-order valence-corrected chi connectivity index (χ4v) is 3.21. The van der Waals surface area contributed by atoms with E-state index in [-0.39, 0.29) is 10.6 Å². The fourth-order valence-electron chi connectivity index (χ4n) is 3.08. The molecule has 0 N–H and O–H groups in total. The van der Waals surface area contributed by atoms with E-state index in [0.717, 1.165) is 33.4 Å². The first-order valence-corrected chi connectivity index (χ1v) is 7.87. The van der Waals surface area contributed by atoms with Crippen molar-refractivity contribution in [3.05, 3.63) is 98.6 Å². The largest absolute Gasteiger partial charge is 0.270 e. The van der Waals surface area contributed by atoms with E-state index in [9.17, 15) is 10.1 Å². The van der Waals surface area contributed by atoms with Crippen molar-refractivity contribution in [1.29, 1.82) is 0 Å². The Kier molecular flexibility index (Phi) is 3.44. The Hall–Kier alpha value is -2.91. The predicted octanol–water partition coefficient (Wildman–Crippen LogP) is 5.82. The molecule has 0 saturated heterocycles. The van der Waals surface area contributed by atoms with E-state index in [1.165, 1.54) is 0 Å². The summed E-state index contributed by atoms with van der Waals surface area (Å²) in [5.41, 5.74) is 6.20. The van der Waals surface area contributed by atoms with E-state index in [4.69, 9.17) is 11.6 Å². The van der Waals surface area contributed by atoms with Crippen LogP contribution >= 0.6 is 11.6 Å². The van der Waals surface area contributed by atoms with Crippen molar-refractivity contribution in [2.24, 2.45) is 0 Å². The average Bonchev–Trinajstić information content (AvgIpc) is 2.90. The van der Waals surface area contributed by atoms with Gasteiger partial charge in [-0.25, -0.2) is 0 Å². The number of benzene rings is 3. The number of fused-ring (bicyclic) bond motifs is 3. The highest BCUT2D eigenvalue weighted by molar-refractivity contribution is 6.30. The van der Waals surface area contributed by atoms with E-state index in [1.54, 1.807) is 12.1 Å². The molecule has 116 valence electrons. The van der Waals surface area contributed by atoms with E-state index in [2.05, 4.69) is 0 Å². The monoisotopic (exact) mass is 333 g/mol. The van der Waals surface area contributed by atoms with Crippen molar-refractivity contribution < 1.29 is 4.92 Å².